The van der Waals surface area contributed by atoms with E-state index in [0.29, 0.717) is 11.8 Å². The molecule has 3 saturated heterocycles. The number of carbonyl (C=O) groups is 1. The van der Waals surface area contributed by atoms with Crippen molar-refractivity contribution in [2.45, 2.75) is 77.1 Å². The van der Waals surface area contributed by atoms with Crippen LogP contribution in [0.4, 0.5) is 0 Å². The normalized spacial score (nSPS) is 55.1. The van der Waals surface area contributed by atoms with Gasteiger partial charge in [-0.25, -0.2) is 0 Å². The fourth-order valence-electron chi connectivity index (χ4n) is 7.17. The molecule has 3 aliphatic heterocycles. The van der Waals surface area contributed by atoms with Crippen molar-refractivity contribution in [2.75, 3.05) is 19.6 Å². The number of epoxide rings is 1. The van der Waals surface area contributed by atoms with Gasteiger partial charge in [-0.05, 0) is 50.5 Å². The van der Waals surface area contributed by atoms with Crippen molar-refractivity contribution >= 4 is 5.97 Å². The lowest BCUT2D eigenvalue weighted by molar-refractivity contribution is -0.146. The molecular formula is C21H33NO3. The van der Waals surface area contributed by atoms with Crippen molar-refractivity contribution in [3.8, 4) is 0 Å². The molecule has 25 heavy (non-hydrogen) atoms. The molecule has 3 heterocycles. The first-order valence-corrected chi connectivity index (χ1v) is 10.6. The second-order valence-corrected chi connectivity index (χ2v) is 10.1. The summed E-state index contributed by atoms with van der Waals surface area (Å²) < 4.78 is 12.5. The molecule has 4 heteroatoms. The minimum Gasteiger partial charge on any atom is -0.462 e. The van der Waals surface area contributed by atoms with E-state index in [2.05, 4.69) is 25.7 Å². The third-order valence-corrected chi connectivity index (χ3v) is 8.39. The van der Waals surface area contributed by atoms with E-state index in [0.717, 1.165) is 32.0 Å². The Hall–Kier alpha value is -0.610. The Morgan fingerprint density at radius 1 is 1.24 bits per heavy atom. The van der Waals surface area contributed by atoms with Gasteiger partial charge in [0, 0.05) is 24.4 Å². The Morgan fingerprint density at radius 2 is 2.08 bits per heavy atom. The topological polar surface area (TPSA) is 42.1 Å². The number of rotatable bonds is 2. The minimum absolute atomic E-state index is 0.0263. The summed E-state index contributed by atoms with van der Waals surface area (Å²) >= 11 is 0. The molecule has 2 saturated carbocycles. The van der Waals surface area contributed by atoms with Crippen molar-refractivity contribution in [1.29, 1.82) is 0 Å². The summed E-state index contributed by atoms with van der Waals surface area (Å²) in [6.45, 7) is 10.2. The number of carbonyl (C=O) groups excluding carboxylic acids is 1. The maximum absolute atomic E-state index is 12.7. The van der Waals surface area contributed by atoms with Gasteiger partial charge in [-0.1, -0.05) is 27.2 Å². The van der Waals surface area contributed by atoms with E-state index in [-0.39, 0.29) is 35.1 Å². The fourth-order valence-corrected chi connectivity index (χ4v) is 7.17. The zero-order chi connectivity index (χ0) is 17.4. The third kappa shape index (κ3) is 2.22. The fraction of sp³-hybridized carbons (Fsp3) is 0.952. The summed E-state index contributed by atoms with van der Waals surface area (Å²) in [6, 6.07) is 0. The lowest BCUT2D eigenvalue weighted by Gasteiger charge is -2.49. The van der Waals surface area contributed by atoms with Gasteiger partial charge in [-0.2, -0.15) is 0 Å². The lowest BCUT2D eigenvalue weighted by atomic mass is 9.53. The average molecular weight is 347 g/mol. The highest BCUT2D eigenvalue weighted by molar-refractivity contribution is 5.76. The van der Waals surface area contributed by atoms with E-state index in [9.17, 15) is 4.79 Å². The van der Waals surface area contributed by atoms with Gasteiger partial charge in [0.2, 0.25) is 0 Å². The molecule has 1 spiro atoms. The Labute approximate surface area is 151 Å². The first-order chi connectivity index (χ1) is 11.9. The first-order valence-electron chi connectivity index (χ1n) is 10.6. The number of esters is 1. The first kappa shape index (κ1) is 16.6. The van der Waals surface area contributed by atoms with Gasteiger partial charge in [0.05, 0.1) is 12.0 Å². The second-order valence-electron chi connectivity index (χ2n) is 10.1. The highest BCUT2D eigenvalue weighted by Crippen LogP contribution is 2.70. The lowest BCUT2D eigenvalue weighted by Crippen LogP contribution is -2.54. The SMILES string of the molecule is C[C@@H]1CCCN(C[C@@H]2C(=O)O[C@@H]3C[C@@]4(C)CCC[C@H](C)[C@@]45O[C@H]5[C@H]23)C1. The maximum atomic E-state index is 12.7. The van der Waals surface area contributed by atoms with Crippen LogP contribution in [0.2, 0.25) is 0 Å². The summed E-state index contributed by atoms with van der Waals surface area (Å²) in [5, 5.41) is 0. The molecular weight excluding hydrogens is 314 g/mol. The standard InChI is InChI=1S/C21H33NO3/c1-13-6-5-9-22(11-13)12-15-17-16(24-19(15)23)10-20(3)8-4-7-14(2)21(20)18(17)25-21/h13-18H,4-12H2,1-3H3/t13-,14+,15+,16-,17-,18+,20-,21+/m1/s1. The van der Waals surface area contributed by atoms with Crippen molar-refractivity contribution < 1.29 is 14.3 Å². The molecule has 0 amide bonds. The molecule has 4 nitrogen and oxygen atoms in total. The van der Waals surface area contributed by atoms with Crippen LogP contribution in [-0.2, 0) is 14.3 Å². The molecule has 0 unspecified atom stereocenters. The molecule has 140 valence electrons. The van der Waals surface area contributed by atoms with E-state index >= 15 is 0 Å². The molecule has 8 atom stereocenters. The quantitative estimate of drug-likeness (QED) is 0.568. The van der Waals surface area contributed by atoms with Gasteiger partial charge in [0.15, 0.2) is 0 Å². The van der Waals surface area contributed by atoms with Crippen LogP contribution in [0.5, 0.6) is 0 Å². The number of hydrogen-bond donors (Lipinski definition) is 0. The molecule has 0 bridgehead atoms. The molecule has 5 rings (SSSR count). The monoisotopic (exact) mass is 347 g/mol. The van der Waals surface area contributed by atoms with Gasteiger partial charge in [0.25, 0.3) is 0 Å². The predicted molar refractivity (Wildman–Crippen MR) is 95.0 cm³/mol. The van der Waals surface area contributed by atoms with Crippen LogP contribution >= 0.6 is 0 Å². The van der Waals surface area contributed by atoms with E-state index in [1.165, 1.54) is 32.1 Å². The number of likely N-dealkylation sites (tertiary alicyclic amines) is 1. The number of fused-ring (bicyclic) bond motifs is 2. The van der Waals surface area contributed by atoms with Gasteiger partial charge < -0.3 is 14.4 Å². The highest BCUT2D eigenvalue weighted by atomic mass is 16.6. The molecule has 0 radical (unpaired) electrons. The summed E-state index contributed by atoms with van der Waals surface area (Å²) in [6.07, 6.45) is 7.72. The van der Waals surface area contributed by atoms with Crippen LogP contribution in [0, 0.1) is 29.1 Å². The summed E-state index contributed by atoms with van der Waals surface area (Å²) in [7, 11) is 0. The Bertz CT molecular complexity index is 579. The van der Waals surface area contributed by atoms with Gasteiger partial charge in [-0.15, -0.1) is 0 Å². The molecule has 0 aromatic carbocycles. The van der Waals surface area contributed by atoms with E-state index < -0.39 is 0 Å². The van der Waals surface area contributed by atoms with Crippen LogP contribution in [-0.4, -0.2) is 48.3 Å². The van der Waals surface area contributed by atoms with Crippen LogP contribution in [0.3, 0.4) is 0 Å². The maximum Gasteiger partial charge on any atom is 0.311 e. The molecule has 0 N–H and O–H groups in total. The molecule has 0 aromatic heterocycles. The second kappa shape index (κ2) is 5.45. The van der Waals surface area contributed by atoms with Crippen LogP contribution in [0.25, 0.3) is 0 Å². The number of nitrogens with zero attached hydrogens (tertiary/aromatic N) is 1. The van der Waals surface area contributed by atoms with Gasteiger partial charge in [0.1, 0.15) is 11.7 Å². The van der Waals surface area contributed by atoms with Gasteiger partial charge in [-0.3, -0.25) is 4.79 Å². The van der Waals surface area contributed by atoms with Crippen LogP contribution in [0.1, 0.15) is 59.3 Å². The predicted octanol–water partition coefficient (Wildman–Crippen LogP) is 3.24. The van der Waals surface area contributed by atoms with E-state index in [4.69, 9.17) is 9.47 Å². The molecule has 2 aliphatic carbocycles. The zero-order valence-corrected chi connectivity index (χ0v) is 16.0. The van der Waals surface area contributed by atoms with Crippen LogP contribution in [0.15, 0.2) is 0 Å². The summed E-state index contributed by atoms with van der Waals surface area (Å²) in [4.78, 5) is 15.3. The zero-order valence-electron chi connectivity index (χ0n) is 16.0. The number of hydrogen-bond acceptors (Lipinski definition) is 4. The largest absolute Gasteiger partial charge is 0.462 e. The Morgan fingerprint density at radius 3 is 2.88 bits per heavy atom. The Kier molecular flexibility index (Phi) is 3.61. The number of piperidine rings is 1. The van der Waals surface area contributed by atoms with Crippen molar-refractivity contribution in [3.63, 3.8) is 0 Å². The summed E-state index contributed by atoms with van der Waals surface area (Å²) in [5.74, 6) is 1.73. The van der Waals surface area contributed by atoms with Crippen molar-refractivity contribution in [2.24, 2.45) is 29.1 Å². The summed E-state index contributed by atoms with van der Waals surface area (Å²) in [5.41, 5.74) is 0.235. The smallest absolute Gasteiger partial charge is 0.311 e. The van der Waals surface area contributed by atoms with Gasteiger partial charge >= 0.3 is 5.97 Å². The highest BCUT2D eigenvalue weighted by Gasteiger charge is 2.78. The molecule has 5 aliphatic rings. The van der Waals surface area contributed by atoms with E-state index in [1.807, 2.05) is 0 Å². The number of ether oxygens (including phenoxy) is 2. The van der Waals surface area contributed by atoms with E-state index in [1.54, 1.807) is 0 Å². The Balaban J connectivity index is 1.39. The molecule has 0 aromatic rings. The van der Waals surface area contributed by atoms with Crippen molar-refractivity contribution in [3.05, 3.63) is 0 Å². The van der Waals surface area contributed by atoms with Crippen molar-refractivity contribution in [1.82, 2.24) is 4.90 Å². The minimum atomic E-state index is 0.0263. The third-order valence-electron chi connectivity index (χ3n) is 8.39. The molecule has 5 fully saturated rings. The average Bonchev–Trinajstić information content (AvgIpc) is 3.23. The van der Waals surface area contributed by atoms with Crippen LogP contribution < -0.4 is 0 Å².